The quantitative estimate of drug-likeness (QED) is 0.523. The highest BCUT2D eigenvalue weighted by Gasteiger charge is 2.25. The van der Waals surface area contributed by atoms with Crippen molar-refractivity contribution < 1.29 is 4.42 Å². The highest BCUT2D eigenvalue weighted by Crippen LogP contribution is 2.30. The van der Waals surface area contributed by atoms with E-state index in [0.717, 1.165) is 48.5 Å². The third-order valence-corrected chi connectivity index (χ3v) is 8.03. The van der Waals surface area contributed by atoms with Gasteiger partial charge in [0.25, 0.3) is 0 Å². The van der Waals surface area contributed by atoms with E-state index in [-0.39, 0.29) is 0 Å². The molecule has 2 aromatic rings. The van der Waals surface area contributed by atoms with Crippen LogP contribution in [0, 0.1) is 6.92 Å². The lowest BCUT2D eigenvalue weighted by atomic mass is 9.95. The van der Waals surface area contributed by atoms with E-state index in [1.54, 1.807) is 0 Å². The molecule has 2 saturated heterocycles. The van der Waals surface area contributed by atoms with Crippen LogP contribution in [0.5, 0.6) is 0 Å². The summed E-state index contributed by atoms with van der Waals surface area (Å²) >= 11 is 1.87. The van der Waals surface area contributed by atoms with Crippen molar-refractivity contribution in [3.8, 4) is 0 Å². The van der Waals surface area contributed by atoms with Crippen molar-refractivity contribution in [2.45, 2.75) is 69.4 Å². The first-order valence-electron chi connectivity index (χ1n) is 12.1. The molecule has 1 unspecified atom stereocenters. The van der Waals surface area contributed by atoms with Gasteiger partial charge in [-0.1, -0.05) is 25.1 Å². The summed E-state index contributed by atoms with van der Waals surface area (Å²) in [6, 6.07) is 4.20. The number of nitrogens with zero attached hydrogens (tertiary/aromatic N) is 5. The van der Waals surface area contributed by atoms with Gasteiger partial charge in [-0.25, -0.2) is 0 Å². The van der Waals surface area contributed by atoms with Crippen molar-refractivity contribution in [3.05, 3.63) is 29.5 Å². The van der Waals surface area contributed by atoms with Gasteiger partial charge in [-0.05, 0) is 83.9 Å². The van der Waals surface area contributed by atoms with E-state index in [0.29, 0.717) is 11.8 Å². The van der Waals surface area contributed by atoms with E-state index >= 15 is 0 Å². The number of aromatic nitrogens is 3. The second-order valence-electron chi connectivity index (χ2n) is 9.40. The van der Waals surface area contributed by atoms with Crippen LogP contribution < -0.4 is 0 Å². The first kappa shape index (κ1) is 22.9. The molecule has 4 heterocycles. The Hall–Kier alpha value is -1.31. The molecule has 2 aliphatic rings. The predicted octanol–water partition coefficient (Wildman–Crippen LogP) is 4.67. The number of aryl methyl sites for hydroxylation is 1. The van der Waals surface area contributed by atoms with Crippen LogP contribution in [0.25, 0.3) is 0 Å². The summed E-state index contributed by atoms with van der Waals surface area (Å²) in [5.74, 6) is 5.44. The molecule has 0 aromatic carbocycles. The van der Waals surface area contributed by atoms with Gasteiger partial charge in [0.05, 0.1) is 0 Å². The van der Waals surface area contributed by atoms with Crippen LogP contribution in [0.3, 0.4) is 0 Å². The fourth-order valence-electron chi connectivity index (χ4n) is 4.91. The van der Waals surface area contributed by atoms with Crippen molar-refractivity contribution in [2.75, 3.05) is 45.0 Å². The van der Waals surface area contributed by atoms with Crippen LogP contribution in [-0.2, 0) is 7.05 Å². The summed E-state index contributed by atoms with van der Waals surface area (Å²) in [5, 5.41) is 10.2. The number of likely N-dealkylation sites (tertiary alicyclic amines) is 2. The maximum absolute atomic E-state index is 5.80. The molecule has 31 heavy (non-hydrogen) atoms. The molecule has 0 N–H and O–H groups in total. The van der Waals surface area contributed by atoms with Gasteiger partial charge in [0.15, 0.2) is 5.16 Å². The molecule has 0 spiro atoms. The van der Waals surface area contributed by atoms with Crippen LogP contribution in [0.2, 0.25) is 0 Å². The Bertz CT molecular complexity index is 805. The zero-order chi connectivity index (χ0) is 21.6. The van der Waals surface area contributed by atoms with E-state index in [4.69, 9.17) is 4.42 Å². The van der Waals surface area contributed by atoms with Gasteiger partial charge in [-0.3, -0.25) is 0 Å². The van der Waals surface area contributed by atoms with Crippen LogP contribution >= 0.6 is 11.8 Å². The zero-order valence-corrected chi connectivity index (χ0v) is 20.4. The molecule has 0 radical (unpaired) electrons. The average molecular weight is 446 g/mol. The standard InChI is InChI=1S/C24H39N5OS/c1-19(22-8-7-20(2)30-22)9-14-29-15-10-21(11-16-29)23-25-26-24(27(23)3)31-18-17-28-12-5-4-6-13-28/h7-8,19,21H,4-6,9-18H2,1-3H3. The molecule has 172 valence electrons. The molecule has 0 aliphatic carbocycles. The maximum Gasteiger partial charge on any atom is 0.191 e. The van der Waals surface area contributed by atoms with Gasteiger partial charge < -0.3 is 18.8 Å². The Morgan fingerprint density at radius 1 is 1.03 bits per heavy atom. The van der Waals surface area contributed by atoms with Crippen molar-refractivity contribution >= 4 is 11.8 Å². The molecule has 2 fully saturated rings. The predicted molar refractivity (Wildman–Crippen MR) is 127 cm³/mol. The number of piperidine rings is 2. The molecular weight excluding hydrogens is 406 g/mol. The molecule has 2 aliphatic heterocycles. The lowest BCUT2D eigenvalue weighted by Gasteiger charge is -2.31. The van der Waals surface area contributed by atoms with Gasteiger partial charge in [0.2, 0.25) is 0 Å². The second-order valence-corrected chi connectivity index (χ2v) is 10.5. The molecular formula is C24H39N5OS. The first-order valence-corrected chi connectivity index (χ1v) is 13.1. The summed E-state index contributed by atoms with van der Waals surface area (Å²) in [7, 11) is 2.15. The van der Waals surface area contributed by atoms with Crippen molar-refractivity contribution in [3.63, 3.8) is 0 Å². The van der Waals surface area contributed by atoms with Gasteiger partial charge in [0.1, 0.15) is 17.3 Å². The Balaban J connectivity index is 1.19. The van der Waals surface area contributed by atoms with Gasteiger partial charge >= 0.3 is 0 Å². The van der Waals surface area contributed by atoms with Crippen LogP contribution in [0.4, 0.5) is 0 Å². The minimum Gasteiger partial charge on any atom is -0.466 e. The van der Waals surface area contributed by atoms with Gasteiger partial charge in [-0.2, -0.15) is 0 Å². The Morgan fingerprint density at radius 3 is 2.48 bits per heavy atom. The number of thioether (sulfide) groups is 1. The first-order chi connectivity index (χ1) is 15.1. The summed E-state index contributed by atoms with van der Waals surface area (Å²) in [6.07, 6.45) is 7.63. The minimum absolute atomic E-state index is 0.481. The van der Waals surface area contributed by atoms with E-state index in [1.165, 1.54) is 57.6 Å². The van der Waals surface area contributed by atoms with E-state index in [2.05, 4.69) is 50.7 Å². The van der Waals surface area contributed by atoms with Crippen molar-refractivity contribution in [1.82, 2.24) is 24.6 Å². The Labute approximate surface area is 191 Å². The molecule has 0 amide bonds. The number of rotatable bonds is 9. The Morgan fingerprint density at radius 2 is 1.77 bits per heavy atom. The third-order valence-electron chi connectivity index (χ3n) is 7.03. The second kappa shape index (κ2) is 11.0. The minimum atomic E-state index is 0.481. The van der Waals surface area contributed by atoms with Crippen LogP contribution in [-0.4, -0.2) is 69.6 Å². The smallest absolute Gasteiger partial charge is 0.191 e. The molecule has 1 atom stereocenters. The number of hydrogen-bond acceptors (Lipinski definition) is 6. The van der Waals surface area contributed by atoms with E-state index in [1.807, 2.05) is 18.7 Å². The van der Waals surface area contributed by atoms with Gasteiger partial charge in [0, 0.05) is 31.2 Å². The SMILES string of the molecule is Cc1ccc(C(C)CCN2CCC(c3nnc(SCCN4CCCCC4)n3C)CC2)o1. The van der Waals surface area contributed by atoms with E-state index < -0.39 is 0 Å². The summed E-state index contributed by atoms with van der Waals surface area (Å²) in [5.41, 5.74) is 0. The molecule has 0 bridgehead atoms. The summed E-state index contributed by atoms with van der Waals surface area (Å²) < 4.78 is 8.05. The largest absolute Gasteiger partial charge is 0.466 e. The topological polar surface area (TPSA) is 50.3 Å². The van der Waals surface area contributed by atoms with Crippen molar-refractivity contribution in [1.29, 1.82) is 0 Å². The number of furan rings is 1. The summed E-state index contributed by atoms with van der Waals surface area (Å²) in [4.78, 5) is 5.20. The van der Waals surface area contributed by atoms with Crippen molar-refractivity contribution in [2.24, 2.45) is 7.05 Å². The van der Waals surface area contributed by atoms with Crippen LogP contribution in [0.1, 0.15) is 74.6 Å². The Kier molecular flexibility index (Phi) is 8.13. The van der Waals surface area contributed by atoms with E-state index in [9.17, 15) is 0 Å². The number of hydrogen-bond donors (Lipinski definition) is 0. The molecule has 4 rings (SSSR count). The lowest BCUT2D eigenvalue weighted by molar-refractivity contribution is 0.200. The fraction of sp³-hybridized carbons (Fsp3) is 0.750. The highest BCUT2D eigenvalue weighted by molar-refractivity contribution is 7.99. The fourth-order valence-corrected chi connectivity index (χ4v) is 5.83. The normalized spacial score (nSPS) is 20.4. The molecule has 0 saturated carbocycles. The highest BCUT2D eigenvalue weighted by atomic mass is 32.2. The molecule has 2 aromatic heterocycles. The summed E-state index contributed by atoms with van der Waals surface area (Å²) in [6.45, 7) is 11.4. The monoisotopic (exact) mass is 445 g/mol. The average Bonchev–Trinajstić information content (AvgIpc) is 3.39. The third kappa shape index (κ3) is 6.14. The molecule has 7 heteroatoms. The maximum atomic E-state index is 5.80. The van der Waals surface area contributed by atoms with Gasteiger partial charge in [-0.15, -0.1) is 10.2 Å². The van der Waals surface area contributed by atoms with Crippen LogP contribution in [0.15, 0.2) is 21.7 Å². The molecule has 6 nitrogen and oxygen atoms in total. The lowest BCUT2D eigenvalue weighted by Crippen LogP contribution is -2.34. The zero-order valence-electron chi connectivity index (χ0n) is 19.6.